The molecule has 2 aliphatic heterocycles. The van der Waals surface area contributed by atoms with Gasteiger partial charge in [-0.05, 0) is 23.3 Å². The number of piperidine rings is 1. The summed E-state index contributed by atoms with van der Waals surface area (Å²) in [5.41, 5.74) is 2.68. The predicted molar refractivity (Wildman–Crippen MR) is 106 cm³/mol. The number of ether oxygens (including phenoxy) is 1. The van der Waals surface area contributed by atoms with Crippen LogP contribution in [0.5, 0.6) is 5.75 Å². The highest BCUT2D eigenvalue weighted by Gasteiger charge is 2.47. The Kier molecular flexibility index (Phi) is 4.93. The fourth-order valence-corrected chi connectivity index (χ4v) is 4.11. The second-order valence-electron chi connectivity index (χ2n) is 7.13. The van der Waals surface area contributed by atoms with Crippen molar-refractivity contribution in [3.05, 3.63) is 65.7 Å². The smallest absolute Gasteiger partial charge is 0.137 e. The van der Waals surface area contributed by atoms with Gasteiger partial charge in [0.2, 0.25) is 0 Å². The van der Waals surface area contributed by atoms with Gasteiger partial charge >= 0.3 is 0 Å². The number of aliphatic imine (C=N–C) groups is 1. The van der Waals surface area contributed by atoms with Gasteiger partial charge in [-0.25, -0.2) is 0 Å². The normalized spacial score (nSPS) is 25.2. The Bertz CT molecular complexity index is 856. The molecular formula is C22H24N4O. The zero-order chi connectivity index (χ0) is 18.7. The first-order chi connectivity index (χ1) is 13.2. The van der Waals surface area contributed by atoms with Crippen LogP contribution in [0.2, 0.25) is 0 Å². The molecule has 0 radical (unpaired) electrons. The highest BCUT2D eigenvalue weighted by atomic mass is 16.5. The third-order valence-electron chi connectivity index (χ3n) is 5.58. The van der Waals surface area contributed by atoms with Crippen LogP contribution in [0.4, 0.5) is 0 Å². The van der Waals surface area contributed by atoms with Crippen LogP contribution in [0.1, 0.15) is 17.5 Å². The maximum absolute atomic E-state index is 10.4. The lowest BCUT2D eigenvalue weighted by molar-refractivity contribution is 0.113. The van der Waals surface area contributed by atoms with Gasteiger partial charge in [0.1, 0.15) is 11.3 Å². The fraction of sp³-hybridized carbons (Fsp3) is 0.364. The number of nitrogens with one attached hydrogen (secondary N) is 1. The molecule has 1 fully saturated rings. The quantitative estimate of drug-likeness (QED) is 0.911. The number of benzene rings is 2. The van der Waals surface area contributed by atoms with Crippen molar-refractivity contribution >= 4 is 5.71 Å². The summed E-state index contributed by atoms with van der Waals surface area (Å²) in [5.74, 6) is 0.801. The van der Waals surface area contributed by atoms with Crippen molar-refractivity contribution in [3.8, 4) is 11.8 Å². The van der Waals surface area contributed by atoms with E-state index in [1.165, 1.54) is 5.56 Å². The van der Waals surface area contributed by atoms with E-state index in [0.717, 1.165) is 30.1 Å². The molecule has 2 aromatic carbocycles. The maximum Gasteiger partial charge on any atom is 0.137 e. The summed E-state index contributed by atoms with van der Waals surface area (Å²) in [4.78, 5) is 7.02. The van der Waals surface area contributed by atoms with Crippen LogP contribution in [0.25, 0.3) is 0 Å². The van der Waals surface area contributed by atoms with E-state index in [1.807, 2.05) is 42.5 Å². The molecular weight excluding hydrogens is 336 g/mol. The monoisotopic (exact) mass is 360 g/mol. The Morgan fingerprint density at radius 3 is 2.70 bits per heavy atom. The van der Waals surface area contributed by atoms with Gasteiger partial charge in [0.15, 0.2) is 0 Å². The zero-order valence-electron chi connectivity index (χ0n) is 15.6. The molecule has 2 aromatic rings. The Morgan fingerprint density at radius 1 is 1.22 bits per heavy atom. The van der Waals surface area contributed by atoms with Crippen molar-refractivity contribution in [2.75, 3.05) is 26.7 Å². The fourth-order valence-electron chi connectivity index (χ4n) is 4.11. The first-order valence-electron chi connectivity index (χ1n) is 9.36. The van der Waals surface area contributed by atoms with Crippen LogP contribution in [0.15, 0.2) is 59.6 Å². The van der Waals surface area contributed by atoms with Gasteiger partial charge in [-0.15, -0.1) is 0 Å². The van der Waals surface area contributed by atoms with Crippen LogP contribution in [-0.2, 0) is 12.1 Å². The van der Waals surface area contributed by atoms with E-state index >= 15 is 0 Å². The molecule has 5 heteroatoms. The molecule has 0 saturated carbocycles. The Labute approximate surface area is 160 Å². The van der Waals surface area contributed by atoms with Gasteiger partial charge in [-0.2, -0.15) is 5.26 Å². The van der Waals surface area contributed by atoms with Crippen molar-refractivity contribution in [3.63, 3.8) is 0 Å². The molecule has 0 aromatic heterocycles. The number of hydrogen-bond acceptors (Lipinski definition) is 5. The predicted octanol–water partition coefficient (Wildman–Crippen LogP) is 2.73. The molecule has 0 bridgehead atoms. The average Bonchev–Trinajstić information content (AvgIpc) is 2.74. The van der Waals surface area contributed by atoms with Gasteiger partial charge in [0.25, 0.3) is 0 Å². The van der Waals surface area contributed by atoms with Gasteiger partial charge in [-0.1, -0.05) is 42.5 Å². The number of rotatable bonds is 4. The van der Waals surface area contributed by atoms with E-state index < -0.39 is 5.54 Å². The topological polar surface area (TPSA) is 60.6 Å². The summed E-state index contributed by atoms with van der Waals surface area (Å²) >= 11 is 0. The highest BCUT2D eigenvalue weighted by molar-refractivity contribution is 5.93. The Hall–Kier alpha value is -2.68. The molecule has 1 saturated heterocycles. The average molecular weight is 360 g/mol. The minimum absolute atomic E-state index is 0.160. The van der Waals surface area contributed by atoms with Gasteiger partial charge < -0.3 is 10.1 Å². The van der Waals surface area contributed by atoms with E-state index in [4.69, 9.17) is 9.73 Å². The second kappa shape index (κ2) is 7.51. The largest absolute Gasteiger partial charge is 0.497 e. The third kappa shape index (κ3) is 3.34. The molecule has 4 rings (SSSR count). The van der Waals surface area contributed by atoms with Crippen molar-refractivity contribution in [1.29, 1.82) is 5.26 Å². The molecule has 138 valence electrons. The minimum atomic E-state index is -0.698. The molecule has 1 N–H and O–H groups in total. The molecule has 0 spiro atoms. The number of nitrogens with zero attached hydrogens (tertiary/aromatic N) is 3. The number of hydrogen-bond donors (Lipinski definition) is 1. The molecule has 5 nitrogen and oxygen atoms in total. The lowest BCUT2D eigenvalue weighted by Gasteiger charge is -2.47. The number of fused-ring (bicyclic) bond motifs is 1. The molecule has 2 heterocycles. The SMILES string of the molecule is COc1ccc([C@]2(C#N)C[C@H]3NCCN=C3CN2Cc2ccccc2)cc1. The summed E-state index contributed by atoms with van der Waals surface area (Å²) < 4.78 is 5.30. The van der Waals surface area contributed by atoms with Crippen molar-refractivity contribution < 1.29 is 4.74 Å². The summed E-state index contributed by atoms with van der Waals surface area (Å²) in [6.45, 7) is 3.10. The summed E-state index contributed by atoms with van der Waals surface area (Å²) in [6.07, 6.45) is 0.696. The molecule has 0 amide bonds. The molecule has 2 atom stereocenters. The van der Waals surface area contributed by atoms with Gasteiger partial charge in [0.05, 0.1) is 19.7 Å². The van der Waals surface area contributed by atoms with E-state index in [9.17, 15) is 5.26 Å². The summed E-state index contributed by atoms with van der Waals surface area (Å²) in [7, 11) is 1.66. The van der Waals surface area contributed by atoms with Crippen LogP contribution in [-0.4, -0.2) is 43.4 Å². The second-order valence-corrected chi connectivity index (χ2v) is 7.13. The number of likely N-dealkylation sites (tertiary alicyclic amines) is 1. The van der Waals surface area contributed by atoms with Gasteiger partial charge in [0, 0.05) is 37.8 Å². The van der Waals surface area contributed by atoms with Crippen LogP contribution < -0.4 is 10.1 Å². The van der Waals surface area contributed by atoms with E-state index in [2.05, 4.69) is 28.4 Å². The van der Waals surface area contributed by atoms with E-state index in [-0.39, 0.29) is 6.04 Å². The van der Waals surface area contributed by atoms with Crippen LogP contribution in [0, 0.1) is 11.3 Å². The van der Waals surface area contributed by atoms with E-state index in [0.29, 0.717) is 19.5 Å². The molecule has 27 heavy (non-hydrogen) atoms. The number of nitriles is 1. The van der Waals surface area contributed by atoms with E-state index in [1.54, 1.807) is 7.11 Å². The van der Waals surface area contributed by atoms with Crippen molar-refractivity contribution in [1.82, 2.24) is 10.2 Å². The maximum atomic E-state index is 10.4. The van der Waals surface area contributed by atoms with Crippen LogP contribution in [0.3, 0.4) is 0 Å². The molecule has 2 aliphatic rings. The highest BCUT2D eigenvalue weighted by Crippen LogP contribution is 2.39. The zero-order valence-corrected chi connectivity index (χ0v) is 15.6. The summed E-state index contributed by atoms with van der Waals surface area (Å²) in [5, 5.41) is 13.9. The van der Waals surface area contributed by atoms with Crippen molar-refractivity contribution in [2.24, 2.45) is 4.99 Å². The number of methoxy groups -OCH3 is 1. The molecule has 0 unspecified atom stereocenters. The van der Waals surface area contributed by atoms with Gasteiger partial charge in [-0.3, -0.25) is 9.89 Å². The first-order valence-corrected chi connectivity index (χ1v) is 9.36. The lowest BCUT2D eigenvalue weighted by Crippen LogP contribution is -2.61. The minimum Gasteiger partial charge on any atom is -0.497 e. The van der Waals surface area contributed by atoms with Crippen LogP contribution >= 0.6 is 0 Å². The first kappa shape index (κ1) is 17.7. The standard InChI is InChI=1S/C22H24N4O/c1-27-19-9-7-18(8-10-19)22(16-23)13-20-21(25-12-11-24-20)15-26(22)14-17-5-3-2-4-6-17/h2-10,20,24H,11-15H2,1H3/t20-,22-/m1/s1. The third-order valence-corrected chi connectivity index (χ3v) is 5.58. The lowest BCUT2D eigenvalue weighted by atomic mass is 9.78. The Balaban J connectivity index is 1.75. The van der Waals surface area contributed by atoms with Crippen molar-refractivity contribution in [2.45, 2.75) is 24.5 Å². The Morgan fingerprint density at radius 2 is 2.00 bits per heavy atom. The molecule has 0 aliphatic carbocycles. The summed E-state index contributed by atoms with van der Waals surface area (Å²) in [6, 6.07) is 21.1.